The summed E-state index contributed by atoms with van der Waals surface area (Å²) in [7, 11) is 0. The Morgan fingerprint density at radius 1 is 1.39 bits per heavy atom. The number of likely N-dealkylation sites (tertiary alicyclic amines) is 1. The summed E-state index contributed by atoms with van der Waals surface area (Å²) in [4.78, 5) is 13.7. The van der Waals surface area contributed by atoms with E-state index in [1.807, 2.05) is 6.07 Å². The quantitative estimate of drug-likeness (QED) is 0.694. The van der Waals surface area contributed by atoms with Gasteiger partial charge in [0.25, 0.3) is 0 Å². The van der Waals surface area contributed by atoms with Crippen LogP contribution in [0.5, 0.6) is 0 Å². The molecule has 1 unspecified atom stereocenters. The third-order valence-corrected chi connectivity index (χ3v) is 4.03. The Hall–Kier alpha value is -1.12. The Morgan fingerprint density at radius 3 is 2.78 bits per heavy atom. The van der Waals surface area contributed by atoms with Gasteiger partial charge < -0.3 is 10.6 Å². The van der Waals surface area contributed by atoms with Crippen LogP contribution in [0, 0.1) is 17.2 Å². The summed E-state index contributed by atoms with van der Waals surface area (Å²) < 4.78 is 0. The van der Waals surface area contributed by atoms with Gasteiger partial charge in [0.15, 0.2) is 0 Å². The third-order valence-electron chi connectivity index (χ3n) is 4.03. The molecule has 0 radical (unpaired) electrons. The summed E-state index contributed by atoms with van der Waals surface area (Å²) in [5, 5.41) is 14.6. The maximum absolute atomic E-state index is 11.5. The number of nitrogens with zero attached hydrogens (tertiary/aromatic N) is 2. The molecule has 2 heterocycles. The van der Waals surface area contributed by atoms with Crippen molar-refractivity contribution in [2.24, 2.45) is 5.92 Å². The average molecular weight is 250 g/mol. The molecule has 5 nitrogen and oxygen atoms in total. The number of nitriles is 1. The van der Waals surface area contributed by atoms with Crippen LogP contribution in [0.1, 0.15) is 25.7 Å². The number of nitrogens with one attached hydrogen (secondary N) is 2. The van der Waals surface area contributed by atoms with Gasteiger partial charge in [0.1, 0.15) is 6.54 Å². The smallest absolute Gasteiger partial charge is 0.235 e. The Balaban J connectivity index is 1.66. The van der Waals surface area contributed by atoms with Crippen molar-refractivity contribution in [2.45, 2.75) is 31.7 Å². The predicted molar refractivity (Wildman–Crippen MR) is 68.8 cm³/mol. The first-order chi connectivity index (χ1) is 8.79. The van der Waals surface area contributed by atoms with E-state index < -0.39 is 0 Å². The van der Waals surface area contributed by atoms with E-state index in [-0.39, 0.29) is 12.5 Å². The molecule has 0 bridgehead atoms. The van der Waals surface area contributed by atoms with Gasteiger partial charge in [0, 0.05) is 6.04 Å². The van der Waals surface area contributed by atoms with Crippen molar-refractivity contribution in [3.05, 3.63) is 0 Å². The Bertz CT molecular complexity index is 311. The molecule has 1 atom stereocenters. The summed E-state index contributed by atoms with van der Waals surface area (Å²) in [6, 6.07) is 2.63. The van der Waals surface area contributed by atoms with Crippen molar-refractivity contribution in [1.82, 2.24) is 15.5 Å². The fourth-order valence-electron chi connectivity index (χ4n) is 3.02. The molecule has 2 saturated heterocycles. The van der Waals surface area contributed by atoms with Gasteiger partial charge in [-0.3, -0.25) is 9.69 Å². The fourth-order valence-corrected chi connectivity index (χ4v) is 3.02. The molecular weight excluding hydrogens is 228 g/mol. The van der Waals surface area contributed by atoms with E-state index in [9.17, 15) is 4.79 Å². The number of carbonyl (C=O) groups excluding carboxylic acids is 1. The van der Waals surface area contributed by atoms with Crippen LogP contribution >= 0.6 is 0 Å². The molecule has 2 aliphatic rings. The second-order valence-electron chi connectivity index (χ2n) is 5.25. The van der Waals surface area contributed by atoms with Crippen LogP contribution in [0.25, 0.3) is 0 Å². The van der Waals surface area contributed by atoms with Crippen molar-refractivity contribution < 1.29 is 4.79 Å². The molecule has 0 aliphatic carbocycles. The first kappa shape index (κ1) is 13.3. The second-order valence-corrected chi connectivity index (χ2v) is 5.25. The first-order valence-electron chi connectivity index (χ1n) is 6.89. The zero-order valence-corrected chi connectivity index (χ0v) is 10.8. The molecule has 100 valence electrons. The number of hydrogen-bond donors (Lipinski definition) is 2. The van der Waals surface area contributed by atoms with Crippen molar-refractivity contribution in [1.29, 1.82) is 5.26 Å². The van der Waals surface area contributed by atoms with Gasteiger partial charge in [-0.15, -0.1) is 0 Å². The van der Waals surface area contributed by atoms with E-state index in [1.165, 1.54) is 32.2 Å². The van der Waals surface area contributed by atoms with Gasteiger partial charge in [-0.05, 0) is 51.2 Å². The minimum atomic E-state index is -0.0333. The van der Waals surface area contributed by atoms with E-state index >= 15 is 0 Å². The Labute approximate surface area is 109 Å². The van der Waals surface area contributed by atoms with Crippen LogP contribution in [-0.4, -0.2) is 49.6 Å². The summed E-state index contributed by atoms with van der Waals surface area (Å²) in [6.07, 6.45) is 4.99. The molecule has 0 aromatic rings. The third kappa shape index (κ3) is 3.69. The van der Waals surface area contributed by atoms with Crippen molar-refractivity contribution in [2.75, 3.05) is 32.7 Å². The highest BCUT2D eigenvalue weighted by Crippen LogP contribution is 2.25. The molecule has 18 heavy (non-hydrogen) atoms. The van der Waals surface area contributed by atoms with E-state index in [0.717, 1.165) is 19.0 Å². The highest BCUT2D eigenvalue weighted by molar-refractivity contribution is 5.78. The topological polar surface area (TPSA) is 68.2 Å². The van der Waals surface area contributed by atoms with Crippen LogP contribution in [0.15, 0.2) is 0 Å². The summed E-state index contributed by atoms with van der Waals surface area (Å²) in [5.41, 5.74) is 0. The number of piperidine rings is 1. The second kappa shape index (κ2) is 6.72. The monoisotopic (exact) mass is 250 g/mol. The van der Waals surface area contributed by atoms with Gasteiger partial charge in [0.2, 0.25) is 5.91 Å². The molecular formula is C13H22N4O. The zero-order valence-electron chi connectivity index (χ0n) is 10.8. The molecule has 0 aromatic carbocycles. The lowest BCUT2D eigenvalue weighted by Crippen LogP contribution is -2.44. The van der Waals surface area contributed by atoms with Crippen LogP contribution < -0.4 is 10.6 Å². The molecule has 5 heteroatoms. The van der Waals surface area contributed by atoms with E-state index in [2.05, 4.69) is 15.5 Å². The fraction of sp³-hybridized carbons (Fsp3) is 0.846. The Kier molecular flexibility index (Phi) is 4.97. The van der Waals surface area contributed by atoms with E-state index in [0.29, 0.717) is 12.6 Å². The van der Waals surface area contributed by atoms with Crippen molar-refractivity contribution in [3.63, 3.8) is 0 Å². The van der Waals surface area contributed by atoms with Gasteiger partial charge in [-0.2, -0.15) is 5.26 Å². The molecule has 2 aliphatic heterocycles. The number of amides is 1. The normalized spacial score (nSPS) is 25.8. The van der Waals surface area contributed by atoms with Gasteiger partial charge in [-0.25, -0.2) is 0 Å². The van der Waals surface area contributed by atoms with Gasteiger partial charge in [-0.1, -0.05) is 0 Å². The number of carbonyl (C=O) groups is 1. The van der Waals surface area contributed by atoms with Gasteiger partial charge in [0.05, 0.1) is 12.6 Å². The maximum atomic E-state index is 11.5. The molecule has 2 rings (SSSR count). The summed E-state index contributed by atoms with van der Waals surface area (Å²) in [5.74, 6) is 0.750. The number of rotatable bonds is 4. The summed E-state index contributed by atoms with van der Waals surface area (Å²) in [6.45, 7) is 3.72. The number of hydrogen-bond acceptors (Lipinski definition) is 4. The zero-order chi connectivity index (χ0) is 12.8. The van der Waals surface area contributed by atoms with Gasteiger partial charge >= 0.3 is 0 Å². The minimum Gasteiger partial charge on any atom is -0.342 e. The maximum Gasteiger partial charge on any atom is 0.235 e. The molecule has 2 N–H and O–H groups in total. The lowest BCUT2D eigenvalue weighted by molar-refractivity contribution is -0.122. The van der Waals surface area contributed by atoms with Crippen LogP contribution in [0.3, 0.4) is 0 Å². The first-order valence-corrected chi connectivity index (χ1v) is 6.89. The van der Waals surface area contributed by atoms with Crippen LogP contribution in [0.4, 0.5) is 0 Å². The minimum absolute atomic E-state index is 0.0333. The molecule has 0 saturated carbocycles. The average Bonchev–Trinajstić information content (AvgIpc) is 2.91. The molecule has 0 aromatic heterocycles. The SMILES string of the molecule is N#CCNC(=O)CN1CCC(C2CCCN2)CC1. The highest BCUT2D eigenvalue weighted by atomic mass is 16.2. The highest BCUT2D eigenvalue weighted by Gasteiger charge is 2.28. The molecule has 0 spiro atoms. The standard InChI is InChI=1S/C13H22N4O/c14-5-7-16-13(18)10-17-8-3-11(4-9-17)12-2-1-6-15-12/h11-12,15H,1-4,6-10H2,(H,16,18). The molecule has 2 fully saturated rings. The summed E-state index contributed by atoms with van der Waals surface area (Å²) >= 11 is 0. The van der Waals surface area contributed by atoms with E-state index in [4.69, 9.17) is 5.26 Å². The van der Waals surface area contributed by atoms with Crippen molar-refractivity contribution in [3.8, 4) is 6.07 Å². The lowest BCUT2D eigenvalue weighted by atomic mass is 9.88. The van der Waals surface area contributed by atoms with Crippen LogP contribution in [0.2, 0.25) is 0 Å². The van der Waals surface area contributed by atoms with Crippen molar-refractivity contribution >= 4 is 5.91 Å². The van der Waals surface area contributed by atoms with Crippen LogP contribution in [-0.2, 0) is 4.79 Å². The Morgan fingerprint density at radius 2 is 2.17 bits per heavy atom. The van der Waals surface area contributed by atoms with E-state index in [1.54, 1.807) is 0 Å². The lowest BCUT2D eigenvalue weighted by Gasteiger charge is -2.34. The largest absolute Gasteiger partial charge is 0.342 e. The predicted octanol–water partition coefficient (Wildman–Crippen LogP) is 0.0902. The molecule has 1 amide bonds.